The van der Waals surface area contributed by atoms with Crippen LogP contribution in [0, 0.1) is 6.92 Å². The molecular weight excluding hydrogens is 444 g/mol. The molecule has 1 amide bonds. The maximum atomic E-state index is 12.9. The number of aliphatic carboxylic acids is 1. The molecule has 33 heavy (non-hydrogen) atoms. The first-order valence-electron chi connectivity index (χ1n) is 10.1. The van der Waals surface area contributed by atoms with Gasteiger partial charge >= 0.3 is 5.97 Å². The van der Waals surface area contributed by atoms with Crippen LogP contribution in [0.25, 0.3) is 0 Å². The molecule has 0 saturated heterocycles. The van der Waals surface area contributed by atoms with Crippen molar-refractivity contribution in [3.63, 3.8) is 0 Å². The first-order valence-corrected chi connectivity index (χ1v) is 11.6. The highest BCUT2D eigenvalue weighted by molar-refractivity contribution is 7.89. The smallest absolute Gasteiger partial charge is 0.307 e. The molecule has 1 atom stereocenters. The molecule has 0 bridgehead atoms. The first kappa shape index (κ1) is 24.0. The number of carboxylic acid groups (broad SMARTS) is 1. The van der Waals surface area contributed by atoms with Crippen molar-refractivity contribution in [2.45, 2.75) is 24.3 Å². The molecule has 0 spiro atoms. The molecule has 8 nitrogen and oxygen atoms in total. The minimum atomic E-state index is -3.98. The van der Waals surface area contributed by atoms with Gasteiger partial charge in [0.1, 0.15) is 18.4 Å². The number of anilines is 1. The number of amides is 1. The van der Waals surface area contributed by atoms with Gasteiger partial charge in [0, 0.05) is 5.69 Å². The zero-order valence-corrected chi connectivity index (χ0v) is 18.7. The maximum absolute atomic E-state index is 12.9. The van der Waals surface area contributed by atoms with Crippen LogP contribution in [-0.2, 0) is 26.0 Å². The monoisotopic (exact) mass is 468 g/mol. The van der Waals surface area contributed by atoms with Crippen LogP contribution < -0.4 is 14.8 Å². The minimum Gasteiger partial charge on any atom is -0.491 e. The number of nitrogens with one attached hydrogen (secondary N) is 2. The number of carbonyl (C=O) groups is 2. The Morgan fingerprint density at radius 2 is 1.58 bits per heavy atom. The summed E-state index contributed by atoms with van der Waals surface area (Å²) in [6, 6.07) is 19.9. The molecule has 3 rings (SSSR count). The van der Waals surface area contributed by atoms with Crippen molar-refractivity contribution in [1.82, 2.24) is 4.72 Å². The van der Waals surface area contributed by atoms with Gasteiger partial charge in [-0.15, -0.1) is 0 Å². The average molecular weight is 469 g/mol. The third kappa shape index (κ3) is 7.16. The van der Waals surface area contributed by atoms with E-state index in [9.17, 15) is 18.0 Å². The van der Waals surface area contributed by atoms with Gasteiger partial charge in [-0.3, -0.25) is 9.59 Å². The fourth-order valence-corrected chi connectivity index (χ4v) is 4.14. The Kier molecular flexibility index (Phi) is 7.81. The van der Waals surface area contributed by atoms with Crippen LogP contribution in [0.15, 0.2) is 83.8 Å². The quantitative estimate of drug-likeness (QED) is 0.421. The number of hydrogen-bond acceptors (Lipinski definition) is 5. The molecule has 0 fully saturated rings. The predicted octanol–water partition coefficient (Wildman–Crippen LogP) is 2.99. The average Bonchev–Trinajstić information content (AvgIpc) is 2.79. The summed E-state index contributed by atoms with van der Waals surface area (Å²) in [5.41, 5.74) is 2.01. The Bertz CT molecular complexity index is 1190. The number of ether oxygens (including phenoxy) is 1. The lowest BCUT2D eigenvalue weighted by Gasteiger charge is -2.19. The third-order valence-electron chi connectivity index (χ3n) is 4.68. The number of benzene rings is 3. The van der Waals surface area contributed by atoms with Crippen LogP contribution in [0.2, 0.25) is 0 Å². The van der Waals surface area contributed by atoms with Crippen LogP contribution in [0.3, 0.4) is 0 Å². The van der Waals surface area contributed by atoms with Crippen molar-refractivity contribution >= 4 is 27.6 Å². The molecule has 0 heterocycles. The van der Waals surface area contributed by atoms with Crippen molar-refractivity contribution in [3.05, 3.63) is 90.0 Å². The summed E-state index contributed by atoms with van der Waals surface area (Å²) >= 11 is 0. The highest BCUT2D eigenvalue weighted by Crippen LogP contribution is 2.15. The SMILES string of the molecule is Cc1ccc(OCC(NS(=O)(=O)c2ccccc2)C(=O)Nc2ccc(CC(=O)O)cc2)cc1. The van der Waals surface area contributed by atoms with E-state index >= 15 is 0 Å². The number of sulfonamides is 1. The summed E-state index contributed by atoms with van der Waals surface area (Å²) in [6.45, 7) is 1.69. The molecule has 3 aromatic rings. The van der Waals surface area contributed by atoms with Crippen molar-refractivity contribution in [3.8, 4) is 5.75 Å². The Hall–Kier alpha value is -3.69. The van der Waals surface area contributed by atoms with Crippen LogP contribution in [0.4, 0.5) is 5.69 Å². The Morgan fingerprint density at radius 3 is 2.18 bits per heavy atom. The summed E-state index contributed by atoms with van der Waals surface area (Å²) in [5, 5.41) is 11.5. The second-order valence-corrected chi connectivity index (χ2v) is 9.08. The molecule has 0 aliphatic carbocycles. The van der Waals surface area contributed by atoms with Crippen molar-refractivity contribution in [2.24, 2.45) is 0 Å². The van der Waals surface area contributed by atoms with Gasteiger partial charge in [-0.25, -0.2) is 8.42 Å². The van der Waals surface area contributed by atoms with Gasteiger partial charge in [0.25, 0.3) is 0 Å². The fraction of sp³-hybridized carbons (Fsp3) is 0.167. The van der Waals surface area contributed by atoms with Gasteiger partial charge < -0.3 is 15.2 Å². The lowest BCUT2D eigenvalue weighted by Crippen LogP contribution is -2.47. The number of carboxylic acids is 1. The van der Waals surface area contributed by atoms with E-state index in [1.807, 2.05) is 19.1 Å². The van der Waals surface area contributed by atoms with Crippen molar-refractivity contribution < 1.29 is 27.9 Å². The van der Waals surface area contributed by atoms with E-state index in [2.05, 4.69) is 10.0 Å². The van der Waals surface area contributed by atoms with E-state index in [4.69, 9.17) is 9.84 Å². The Balaban J connectivity index is 1.76. The lowest BCUT2D eigenvalue weighted by atomic mass is 10.1. The Labute approximate surface area is 192 Å². The number of aryl methyl sites for hydroxylation is 1. The number of rotatable bonds is 10. The first-order chi connectivity index (χ1) is 15.7. The molecule has 0 saturated carbocycles. The standard InChI is InChI=1S/C24H24N2O6S/c1-17-7-13-20(14-8-17)32-16-22(26-33(30,31)21-5-3-2-4-6-21)24(29)25-19-11-9-18(10-12-19)15-23(27)28/h2-14,22,26H,15-16H2,1H3,(H,25,29)(H,27,28). The van der Waals surface area contributed by atoms with E-state index in [1.165, 1.54) is 12.1 Å². The Morgan fingerprint density at radius 1 is 0.939 bits per heavy atom. The molecule has 172 valence electrons. The zero-order chi connectivity index (χ0) is 23.8. The van der Waals surface area contributed by atoms with Gasteiger partial charge in [-0.1, -0.05) is 48.0 Å². The van der Waals surface area contributed by atoms with E-state index in [0.29, 0.717) is 17.0 Å². The van der Waals surface area contributed by atoms with Crippen LogP contribution >= 0.6 is 0 Å². The molecule has 3 N–H and O–H groups in total. The fourth-order valence-electron chi connectivity index (χ4n) is 2.94. The van der Waals surface area contributed by atoms with E-state index < -0.39 is 27.9 Å². The van der Waals surface area contributed by atoms with Crippen molar-refractivity contribution in [1.29, 1.82) is 0 Å². The summed E-state index contributed by atoms with van der Waals surface area (Å²) in [6.07, 6.45) is -0.141. The molecular formula is C24H24N2O6S. The molecule has 1 unspecified atom stereocenters. The summed E-state index contributed by atoms with van der Waals surface area (Å²) < 4.78 is 33.7. The van der Waals surface area contributed by atoms with Crippen LogP contribution in [0.1, 0.15) is 11.1 Å². The molecule has 0 aromatic heterocycles. The highest BCUT2D eigenvalue weighted by atomic mass is 32.2. The molecule has 0 aliphatic heterocycles. The van der Waals surface area contributed by atoms with Crippen LogP contribution in [0.5, 0.6) is 5.75 Å². The van der Waals surface area contributed by atoms with Gasteiger partial charge in [0.05, 0.1) is 11.3 Å². The number of carbonyl (C=O) groups excluding carboxylic acids is 1. The van der Waals surface area contributed by atoms with Crippen LogP contribution in [-0.4, -0.2) is 38.0 Å². The minimum absolute atomic E-state index is 0.0242. The zero-order valence-electron chi connectivity index (χ0n) is 17.9. The largest absolute Gasteiger partial charge is 0.491 e. The van der Waals surface area contributed by atoms with E-state index in [0.717, 1.165) is 5.56 Å². The lowest BCUT2D eigenvalue weighted by molar-refractivity contribution is -0.136. The van der Waals surface area contributed by atoms with Crippen molar-refractivity contribution in [2.75, 3.05) is 11.9 Å². The summed E-state index contributed by atoms with van der Waals surface area (Å²) in [4.78, 5) is 23.8. The normalized spacial score (nSPS) is 12.0. The van der Waals surface area contributed by atoms with Gasteiger partial charge in [0.2, 0.25) is 15.9 Å². The van der Waals surface area contributed by atoms with E-state index in [1.54, 1.807) is 54.6 Å². The van der Waals surface area contributed by atoms with E-state index in [-0.39, 0.29) is 17.9 Å². The van der Waals surface area contributed by atoms with Gasteiger partial charge in [0.15, 0.2) is 0 Å². The highest BCUT2D eigenvalue weighted by Gasteiger charge is 2.26. The topological polar surface area (TPSA) is 122 Å². The summed E-state index contributed by atoms with van der Waals surface area (Å²) in [7, 11) is -3.98. The predicted molar refractivity (Wildman–Crippen MR) is 124 cm³/mol. The number of hydrogen-bond donors (Lipinski definition) is 3. The second-order valence-electron chi connectivity index (χ2n) is 7.37. The second kappa shape index (κ2) is 10.8. The maximum Gasteiger partial charge on any atom is 0.307 e. The molecule has 0 aliphatic rings. The molecule has 9 heteroatoms. The third-order valence-corrected chi connectivity index (χ3v) is 6.17. The summed E-state index contributed by atoms with van der Waals surface area (Å²) in [5.74, 6) is -1.08. The van der Waals surface area contributed by atoms with Gasteiger partial charge in [-0.2, -0.15) is 4.72 Å². The molecule has 0 radical (unpaired) electrons. The molecule has 3 aromatic carbocycles. The van der Waals surface area contributed by atoms with Gasteiger partial charge in [-0.05, 0) is 48.9 Å².